The summed E-state index contributed by atoms with van der Waals surface area (Å²) in [5, 5.41) is 0. The minimum absolute atomic E-state index is 0.0903. The Morgan fingerprint density at radius 2 is 1.88 bits per heavy atom. The summed E-state index contributed by atoms with van der Waals surface area (Å²) in [6.45, 7) is 11.9. The third-order valence-electron chi connectivity index (χ3n) is 5.80. The largest absolute Gasteiger partial charge is 0.349 e. The second kappa shape index (κ2) is 6.48. The van der Waals surface area contributed by atoms with Crippen LogP contribution in [0.1, 0.15) is 26.7 Å². The van der Waals surface area contributed by atoms with Crippen molar-refractivity contribution in [1.82, 2.24) is 19.4 Å². The van der Waals surface area contributed by atoms with Crippen molar-refractivity contribution in [3.8, 4) is 0 Å². The first kappa shape index (κ1) is 16.1. The zero-order valence-corrected chi connectivity index (χ0v) is 14.9. The SMILES string of the molecule is CC(C)N1CCN(C2CN(c3nccn(CC4CC4)c3=O)C2)CC1. The molecular formula is C18H29N5O. The summed E-state index contributed by atoms with van der Waals surface area (Å²) in [7, 11) is 0. The number of anilines is 1. The number of piperazine rings is 1. The minimum atomic E-state index is 0.0903. The van der Waals surface area contributed by atoms with Crippen LogP contribution in [0.5, 0.6) is 0 Å². The topological polar surface area (TPSA) is 44.6 Å². The first-order valence-electron chi connectivity index (χ1n) is 9.40. The summed E-state index contributed by atoms with van der Waals surface area (Å²) in [5.74, 6) is 1.36. The highest BCUT2D eigenvalue weighted by Gasteiger charge is 2.35. The van der Waals surface area contributed by atoms with E-state index in [0.717, 1.165) is 45.8 Å². The Bertz CT molecular complexity index is 625. The van der Waals surface area contributed by atoms with Gasteiger partial charge in [-0.2, -0.15) is 0 Å². The molecule has 6 nitrogen and oxygen atoms in total. The van der Waals surface area contributed by atoms with Crippen LogP contribution in [-0.4, -0.2) is 70.7 Å². The van der Waals surface area contributed by atoms with Crippen LogP contribution in [0.15, 0.2) is 17.2 Å². The first-order chi connectivity index (χ1) is 11.6. The number of aromatic nitrogens is 2. The van der Waals surface area contributed by atoms with E-state index in [0.29, 0.717) is 23.8 Å². The predicted molar refractivity (Wildman–Crippen MR) is 95.5 cm³/mol. The molecule has 2 saturated heterocycles. The molecule has 1 aliphatic carbocycles. The Kier molecular flexibility index (Phi) is 4.35. The van der Waals surface area contributed by atoms with Crippen LogP contribution >= 0.6 is 0 Å². The Morgan fingerprint density at radius 1 is 1.17 bits per heavy atom. The molecule has 0 bridgehead atoms. The summed E-state index contributed by atoms with van der Waals surface area (Å²) < 4.78 is 1.86. The lowest BCUT2D eigenvalue weighted by molar-refractivity contribution is 0.0675. The zero-order chi connectivity index (χ0) is 16.7. The van der Waals surface area contributed by atoms with Gasteiger partial charge in [-0.05, 0) is 32.6 Å². The summed E-state index contributed by atoms with van der Waals surface area (Å²) >= 11 is 0. The molecule has 3 aliphatic rings. The molecular weight excluding hydrogens is 302 g/mol. The highest BCUT2D eigenvalue weighted by atomic mass is 16.1. The van der Waals surface area contributed by atoms with E-state index in [1.54, 1.807) is 6.20 Å². The van der Waals surface area contributed by atoms with Crippen molar-refractivity contribution >= 4 is 5.82 Å². The molecule has 132 valence electrons. The Balaban J connectivity index is 1.34. The van der Waals surface area contributed by atoms with E-state index in [1.807, 2.05) is 10.8 Å². The van der Waals surface area contributed by atoms with Gasteiger partial charge in [-0.3, -0.25) is 14.6 Å². The van der Waals surface area contributed by atoms with Gasteiger partial charge in [0.05, 0.1) is 0 Å². The Labute approximate surface area is 144 Å². The van der Waals surface area contributed by atoms with Gasteiger partial charge in [0.25, 0.3) is 5.56 Å². The molecule has 0 amide bonds. The average molecular weight is 331 g/mol. The fourth-order valence-electron chi connectivity index (χ4n) is 3.85. The van der Waals surface area contributed by atoms with Crippen molar-refractivity contribution < 1.29 is 0 Å². The third kappa shape index (κ3) is 3.22. The number of rotatable bonds is 5. The lowest BCUT2D eigenvalue weighted by Gasteiger charge is -2.48. The maximum atomic E-state index is 12.6. The van der Waals surface area contributed by atoms with Crippen molar-refractivity contribution in [3.05, 3.63) is 22.7 Å². The molecule has 0 radical (unpaired) electrons. The maximum Gasteiger partial charge on any atom is 0.293 e. The monoisotopic (exact) mass is 331 g/mol. The van der Waals surface area contributed by atoms with Gasteiger partial charge in [-0.1, -0.05) is 0 Å². The van der Waals surface area contributed by atoms with Crippen LogP contribution in [-0.2, 0) is 6.54 Å². The molecule has 3 heterocycles. The fraction of sp³-hybridized carbons (Fsp3) is 0.778. The van der Waals surface area contributed by atoms with Crippen LogP contribution in [0.25, 0.3) is 0 Å². The predicted octanol–water partition coefficient (Wildman–Crippen LogP) is 0.868. The van der Waals surface area contributed by atoms with Crippen LogP contribution in [0.2, 0.25) is 0 Å². The van der Waals surface area contributed by atoms with E-state index in [1.165, 1.54) is 12.8 Å². The van der Waals surface area contributed by atoms with Crippen LogP contribution in [0, 0.1) is 5.92 Å². The van der Waals surface area contributed by atoms with Crippen molar-refractivity contribution in [1.29, 1.82) is 0 Å². The van der Waals surface area contributed by atoms with Crippen molar-refractivity contribution in [2.75, 3.05) is 44.2 Å². The molecule has 4 rings (SSSR count). The second-order valence-corrected chi connectivity index (χ2v) is 7.88. The summed E-state index contributed by atoms with van der Waals surface area (Å²) in [5.41, 5.74) is 0.0903. The molecule has 3 fully saturated rings. The normalized spacial score (nSPS) is 23.7. The van der Waals surface area contributed by atoms with Crippen LogP contribution in [0.4, 0.5) is 5.82 Å². The molecule has 24 heavy (non-hydrogen) atoms. The second-order valence-electron chi connectivity index (χ2n) is 7.88. The van der Waals surface area contributed by atoms with Crippen molar-refractivity contribution in [3.63, 3.8) is 0 Å². The lowest BCUT2D eigenvalue weighted by Crippen LogP contribution is -2.64. The van der Waals surface area contributed by atoms with E-state index in [2.05, 4.69) is 33.5 Å². The number of hydrogen-bond donors (Lipinski definition) is 0. The standard InChI is InChI=1S/C18H29N5O/c1-14(2)20-7-9-21(10-8-20)16-12-23(13-16)17-18(24)22(6-5-19-17)11-15-3-4-15/h5-6,14-16H,3-4,7-13H2,1-2H3. The molecule has 0 unspecified atom stereocenters. The Hall–Kier alpha value is -1.40. The molecule has 1 saturated carbocycles. The number of hydrogen-bond acceptors (Lipinski definition) is 5. The van der Waals surface area contributed by atoms with Crippen molar-refractivity contribution in [2.24, 2.45) is 5.92 Å². The average Bonchev–Trinajstić information content (AvgIpc) is 3.34. The van der Waals surface area contributed by atoms with Gasteiger partial charge in [0.15, 0.2) is 5.82 Å². The van der Waals surface area contributed by atoms with Gasteiger partial charge in [0.2, 0.25) is 0 Å². The highest BCUT2D eigenvalue weighted by Crippen LogP contribution is 2.30. The van der Waals surface area contributed by atoms with E-state index >= 15 is 0 Å². The zero-order valence-electron chi connectivity index (χ0n) is 14.9. The van der Waals surface area contributed by atoms with Crippen molar-refractivity contribution in [2.45, 2.75) is 45.3 Å². The lowest BCUT2D eigenvalue weighted by atomic mass is 10.1. The van der Waals surface area contributed by atoms with Gasteiger partial charge in [-0.25, -0.2) is 4.98 Å². The molecule has 2 aliphatic heterocycles. The molecule has 0 aromatic carbocycles. The van der Waals surface area contributed by atoms with E-state index in [9.17, 15) is 4.79 Å². The van der Waals surface area contributed by atoms with Gasteiger partial charge in [0, 0.05) is 70.3 Å². The molecule has 0 N–H and O–H groups in total. The van der Waals surface area contributed by atoms with E-state index in [4.69, 9.17) is 0 Å². The first-order valence-corrected chi connectivity index (χ1v) is 9.40. The van der Waals surface area contributed by atoms with E-state index in [-0.39, 0.29) is 5.56 Å². The van der Waals surface area contributed by atoms with Crippen LogP contribution < -0.4 is 10.5 Å². The Morgan fingerprint density at radius 3 is 2.50 bits per heavy atom. The van der Waals surface area contributed by atoms with Crippen LogP contribution in [0.3, 0.4) is 0 Å². The van der Waals surface area contributed by atoms with Gasteiger partial charge >= 0.3 is 0 Å². The van der Waals surface area contributed by atoms with Gasteiger partial charge in [0.1, 0.15) is 0 Å². The third-order valence-corrected chi connectivity index (χ3v) is 5.80. The van der Waals surface area contributed by atoms with E-state index < -0.39 is 0 Å². The summed E-state index contributed by atoms with van der Waals surface area (Å²) in [4.78, 5) is 24.3. The molecule has 0 atom stereocenters. The molecule has 1 aromatic rings. The van der Waals surface area contributed by atoms with Gasteiger partial charge < -0.3 is 9.47 Å². The summed E-state index contributed by atoms with van der Waals surface area (Å²) in [6, 6.07) is 1.22. The maximum absolute atomic E-state index is 12.6. The quantitative estimate of drug-likeness (QED) is 0.801. The van der Waals surface area contributed by atoms with Gasteiger partial charge in [-0.15, -0.1) is 0 Å². The summed E-state index contributed by atoms with van der Waals surface area (Å²) in [6.07, 6.45) is 6.15. The highest BCUT2D eigenvalue weighted by molar-refractivity contribution is 5.40. The molecule has 1 aromatic heterocycles. The molecule has 0 spiro atoms. The number of nitrogens with zero attached hydrogens (tertiary/aromatic N) is 5. The fourth-order valence-corrected chi connectivity index (χ4v) is 3.85. The molecule has 6 heteroatoms. The minimum Gasteiger partial charge on any atom is -0.349 e. The smallest absolute Gasteiger partial charge is 0.293 e.